The molecule has 0 aliphatic carbocycles. The number of hydrogen-bond donors (Lipinski definition) is 0. The molecule has 0 aromatic rings. The molecule has 0 saturated carbocycles. The summed E-state index contributed by atoms with van der Waals surface area (Å²) in [5, 5.41) is 0.982. The van der Waals surface area contributed by atoms with E-state index >= 15 is 0 Å². The van der Waals surface area contributed by atoms with Crippen molar-refractivity contribution in [2.45, 2.75) is 44.6 Å². The first kappa shape index (κ1) is 14.5. The lowest BCUT2D eigenvalue weighted by atomic mass is 10.1. The number of esters is 1. The normalized spacial score (nSPS) is 19.4. The zero-order chi connectivity index (χ0) is 12.7. The van der Waals surface area contributed by atoms with E-state index in [-0.39, 0.29) is 17.9 Å². The third-order valence-electron chi connectivity index (χ3n) is 3.07. The first-order valence-electron chi connectivity index (χ1n) is 6.14. The van der Waals surface area contributed by atoms with Gasteiger partial charge in [0.25, 0.3) is 0 Å². The molecule has 1 rings (SSSR count). The molecule has 1 heterocycles. The lowest BCUT2D eigenvalue weighted by molar-refractivity contribution is -0.151. The fraction of sp³-hybridized carbons (Fsp3) is 0.833. The van der Waals surface area contributed by atoms with E-state index in [9.17, 15) is 9.59 Å². The average molecular weight is 306 g/mol. The van der Waals surface area contributed by atoms with Gasteiger partial charge in [0.15, 0.2) is 0 Å². The molecular weight excluding hydrogens is 286 g/mol. The predicted molar refractivity (Wildman–Crippen MR) is 69.0 cm³/mol. The molecule has 4 nitrogen and oxygen atoms in total. The number of nitrogens with zero attached hydrogens (tertiary/aromatic N) is 1. The van der Waals surface area contributed by atoms with E-state index in [0.717, 1.165) is 37.4 Å². The Morgan fingerprint density at radius 1 is 1.35 bits per heavy atom. The van der Waals surface area contributed by atoms with Crippen LogP contribution in [0.15, 0.2) is 0 Å². The van der Waals surface area contributed by atoms with Gasteiger partial charge in [-0.05, 0) is 25.7 Å². The van der Waals surface area contributed by atoms with E-state index in [4.69, 9.17) is 4.74 Å². The van der Waals surface area contributed by atoms with Gasteiger partial charge in [-0.1, -0.05) is 22.4 Å². The minimum absolute atomic E-state index is 0.0903. The number of hydrogen-bond acceptors (Lipinski definition) is 3. The van der Waals surface area contributed by atoms with Gasteiger partial charge in [0, 0.05) is 18.3 Å². The van der Waals surface area contributed by atoms with E-state index in [2.05, 4.69) is 15.9 Å². The van der Waals surface area contributed by atoms with Crippen LogP contribution in [-0.2, 0) is 14.3 Å². The maximum absolute atomic E-state index is 11.9. The van der Waals surface area contributed by atoms with E-state index < -0.39 is 0 Å². The van der Waals surface area contributed by atoms with Crippen molar-refractivity contribution in [2.75, 3.05) is 19.0 Å². The van der Waals surface area contributed by atoms with Crippen LogP contribution in [0.25, 0.3) is 0 Å². The first-order chi connectivity index (χ1) is 8.20. The number of rotatable bonds is 6. The van der Waals surface area contributed by atoms with Crippen molar-refractivity contribution in [1.82, 2.24) is 4.90 Å². The highest BCUT2D eigenvalue weighted by Crippen LogP contribution is 2.20. The second-order valence-corrected chi connectivity index (χ2v) is 5.06. The zero-order valence-corrected chi connectivity index (χ0v) is 11.9. The van der Waals surface area contributed by atoms with Crippen molar-refractivity contribution in [3.8, 4) is 0 Å². The number of methoxy groups -OCH3 is 1. The minimum atomic E-state index is -0.344. The molecule has 98 valence electrons. The molecule has 0 N–H and O–H groups in total. The van der Waals surface area contributed by atoms with Gasteiger partial charge in [0.2, 0.25) is 5.91 Å². The van der Waals surface area contributed by atoms with Crippen molar-refractivity contribution in [3.63, 3.8) is 0 Å². The van der Waals surface area contributed by atoms with Crippen LogP contribution in [0.2, 0.25) is 0 Å². The Morgan fingerprint density at radius 2 is 2.12 bits per heavy atom. The largest absolute Gasteiger partial charge is 0.467 e. The van der Waals surface area contributed by atoms with Crippen LogP contribution in [0.5, 0.6) is 0 Å². The topological polar surface area (TPSA) is 46.6 Å². The molecule has 0 radical (unpaired) electrons. The number of carbonyl (C=O) groups is 2. The Labute approximate surface area is 111 Å². The molecule has 1 aliphatic rings. The predicted octanol–water partition coefficient (Wildman–Crippen LogP) is 2.11. The summed E-state index contributed by atoms with van der Waals surface area (Å²) >= 11 is 3.36. The Hall–Kier alpha value is -0.580. The molecule has 1 amide bonds. The van der Waals surface area contributed by atoms with Crippen molar-refractivity contribution in [2.24, 2.45) is 0 Å². The molecule has 0 bridgehead atoms. The highest BCUT2D eigenvalue weighted by Gasteiger charge is 2.34. The fourth-order valence-electron chi connectivity index (χ4n) is 2.14. The molecular formula is C12H20BrNO3. The number of ether oxygens (including phenoxy) is 1. The van der Waals surface area contributed by atoms with E-state index in [1.54, 1.807) is 4.90 Å². The van der Waals surface area contributed by atoms with Crippen molar-refractivity contribution >= 4 is 27.8 Å². The molecule has 1 fully saturated rings. The lowest BCUT2D eigenvalue weighted by Crippen LogP contribution is -2.40. The summed E-state index contributed by atoms with van der Waals surface area (Å²) in [6.07, 6.45) is 5.21. The van der Waals surface area contributed by atoms with Gasteiger partial charge < -0.3 is 9.64 Å². The van der Waals surface area contributed by atoms with Crippen LogP contribution in [-0.4, -0.2) is 41.8 Å². The molecule has 0 spiro atoms. The Bertz CT molecular complexity index is 270. The molecule has 17 heavy (non-hydrogen) atoms. The van der Waals surface area contributed by atoms with Crippen LogP contribution in [0.4, 0.5) is 0 Å². The number of amides is 1. The van der Waals surface area contributed by atoms with Gasteiger partial charge in [-0.3, -0.25) is 4.79 Å². The quantitative estimate of drug-likeness (QED) is 0.429. The van der Waals surface area contributed by atoms with Crippen LogP contribution < -0.4 is 0 Å². The van der Waals surface area contributed by atoms with Gasteiger partial charge in [0.05, 0.1) is 7.11 Å². The summed E-state index contributed by atoms with van der Waals surface area (Å²) in [6, 6.07) is -0.344. The zero-order valence-electron chi connectivity index (χ0n) is 10.3. The molecule has 0 aromatic heterocycles. The molecule has 5 heteroatoms. The van der Waals surface area contributed by atoms with Gasteiger partial charge in [-0.25, -0.2) is 4.79 Å². The highest BCUT2D eigenvalue weighted by molar-refractivity contribution is 9.09. The number of carbonyl (C=O) groups excluding carboxylic acids is 2. The van der Waals surface area contributed by atoms with Crippen molar-refractivity contribution < 1.29 is 14.3 Å². The third kappa shape index (κ3) is 4.30. The Kier molecular flexibility index (Phi) is 6.55. The number of halogens is 1. The lowest BCUT2D eigenvalue weighted by Gasteiger charge is -2.22. The second-order valence-electron chi connectivity index (χ2n) is 4.27. The van der Waals surface area contributed by atoms with Crippen LogP contribution in [0.3, 0.4) is 0 Å². The maximum Gasteiger partial charge on any atom is 0.328 e. The number of alkyl halides is 1. The van der Waals surface area contributed by atoms with Crippen molar-refractivity contribution in [3.05, 3.63) is 0 Å². The molecule has 1 aliphatic heterocycles. The van der Waals surface area contributed by atoms with Crippen LogP contribution in [0.1, 0.15) is 38.5 Å². The summed E-state index contributed by atoms with van der Waals surface area (Å²) in [4.78, 5) is 25.1. The average Bonchev–Trinajstić information content (AvgIpc) is 2.82. The molecule has 1 saturated heterocycles. The summed E-state index contributed by atoms with van der Waals surface area (Å²) < 4.78 is 4.72. The fourth-order valence-corrected chi connectivity index (χ4v) is 2.53. The number of likely N-dealkylation sites (tertiary alicyclic amines) is 1. The molecule has 1 atom stereocenters. The summed E-state index contributed by atoms with van der Waals surface area (Å²) in [5.74, 6) is -0.191. The highest BCUT2D eigenvalue weighted by atomic mass is 79.9. The van der Waals surface area contributed by atoms with Gasteiger partial charge >= 0.3 is 5.97 Å². The Balaban J connectivity index is 2.37. The van der Waals surface area contributed by atoms with E-state index in [0.29, 0.717) is 13.0 Å². The summed E-state index contributed by atoms with van der Waals surface area (Å²) in [7, 11) is 1.37. The van der Waals surface area contributed by atoms with Crippen molar-refractivity contribution in [1.29, 1.82) is 0 Å². The maximum atomic E-state index is 11.9. The smallest absolute Gasteiger partial charge is 0.328 e. The standard InChI is InChI=1S/C12H20BrNO3/c1-17-12(16)10-6-5-9-14(10)11(15)7-3-2-4-8-13/h10H,2-9H2,1H3/t10-/m0/s1. The van der Waals surface area contributed by atoms with Gasteiger partial charge in [0.1, 0.15) is 6.04 Å². The Morgan fingerprint density at radius 3 is 2.76 bits per heavy atom. The second kappa shape index (κ2) is 7.69. The molecule has 0 aromatic carbocycles. The number of unbranched alkanes of at least 4 members (excludes halogenated alkanes) is 2. The SMILES string of the molecule is COC(=O)[C@@H]1CCCN1C(=O)CCCCCBr. The van der Waals surface area contributed by atoms with Crippen LogP contribution >= 0.6 is 15.9 Å². The monoisotopic (exact) mass is 305 g/mol. The van der Waals surface area contributed by atoms with E-state index in [1.807, 2.05) is 0 Å². The van der Waals surface area contributed by atoms with E-state index in [1.165, 1.54) is 7.11 Å². The summed E-state index contributed by atoms with van der Waals surface area (Å²) in [5.41, 5.74) is 0. The van der Waals surface area contributed by atoms with Gasteiger partial charge in [-0.15, -0.1) is 0 Å². The summed E-state index contributed by atoms with van der Waals surface area (Å²) in [6.45, 7) is 0.692. The minimum Gasteiger partial charge on any atom is -0.467 e. The molecule has 0 unspecified atom stereocenters. The van der Waals surface area contributed by atoms with Gasteiger partial charge in [-0.2, -0.15) is 0 Å². The van der Waals surface area contributed by atoms with Crippen LogP contribution in [0, 0.1) is 0 Å². The first-order valence-corrected chi connectivity index (χ1v) is 7.26. The third-order valence-corrected chi connectivity index (χ3v) is 3.63.